The number of hydrogen-bond donors (Lipinski definition) is 3. The zero-order valence-electron chi connectivity index (χ0n) is 14.0. The number of sulfonamides is 1. The van der Waals surface area contributed by atoms with Crippen LogP contribution in [0.15, 0.2) is 18.2 Å². The first-order valence-electron chi connectivity index (χ1n) is 7.96. The molecule has 1 aliphatic heterocycles. The van der Waals surface area contributed by atoms with E-state index in [0.29, 0.717) is 6.54 Å². The highest BCUT2D eigenvalue weighted by Crippen LogP contribution is 2.20. The van der Waals surface area contributed by atoms with Gasteiger partial charge in [-0.25, -0.2) is 17.6 Å². The molecule has 2 amide bonds. The van der Waals surface area contributed by atoms with Crippen molar-refractivity contribution in [2.75, 3.05) is 55.7 Å². The molecule has 3 N–H and O–H groups in total. The van der Waals surface area contributed by atoms with Crippen molar-refractivity contribution in [2.45, 2.75) is 6.42 Å². The van der Waals surface area contributed by atoms with E-state index in [4.69, 9.17) is 4.74 Å². The lowest BCUT2D eigenvalue weighted by molar-refractivity contribution is 0.0375. The van der Waals surface area contributed by atoms with E-state index >= 15 is 0 Å². The Hall–Kier alpha value is -1.91. The van der Waals surface area contributed by atoms with Gasteiger partial charge in [0.05, 0.1) is 30.8 Å². The van der Waals surface area contributed by atoms with E-state index in [1.54, 1.807) is 0 Å². The summed E-state index contributed by atoms with van der Waals surface area (Å²) < 4.78 is 43.7. The van der Waals surface area contributed by atoms with E-state index in [-0.39, 0.29) is 11.4 Å². The van der Waals surface area contributed by atoms with E-state index in [2.05, 4.69) is 20.3 Å². The fourth-order valence-corrected chi connectivity index (χ4v) is 2.95. The Bertz CT molecular complexity index is 693. The second-order valence-corrected chi connectivity index (χ2v) is 7.51. The topological polar surface area (TPSA) is 99.8 Å². The van der Waals surface area contributed by atoms with Gasteiger partial charge in [-0.1, -0.05) is 0 Å². The molecule has 1 aromatic carbocycles. The number of ether oxygens (including phenoxy) is 1. The van der Waals surface area contributed by atoms with Gasteiger partial charge < -0.3 is 15.4 Å². The fourth-order valence-electron chi connectivity index (χ4n) is 2.39. The summed E-state index contributed by atoms with van der Waals surface area (Å²) >= 11 is 0. The number of morpholine rings is 1. The first kappa shape index (κ1) is 19.4. The van der Waals surface area contributed by atoms with Gasteiger partial charge in [0.1, 0.15) is 5.82 Å². The highest BCUT2D eigenvalue weighted by atomic mass is 32.2. The molecule has 2 rings (SSSR count). The number of halogens is 1. The maximum atomic E-state index is 13.8. The molecule has 0 radical (unpaired) electrons. The molecule has 0 spiro atoms. The molecule has 1 aliphatic rings. The molecule has 8 nitrogen and oxygen atoms in total. The van der Waals surface area contributed by atoms with Gasteiger partial charge in [-0.3, -0.25) is 9.62 Å². The molecule has 0 aliphatic carbocycles. The Balaban J connectivity index is 1.78. The van der Waals surface area contributed by atoms with Gasteiger partial charge >= 0.3 is 6.03 Å². The zero-order valence-corrected chi connectivity index (χ0v) is 14.9. The number of urea groups is 1. The van der Waals surface area contributed by atoms with Gasteiger partial charge in [-0.05, 0) is 31.2 Å². The van der Waals surface area contributed by atoms with E-state index in [9.17, 15) is 17.6 Å². The maximum Gasteiger partial charge on any atom is 0.319 e. The number of carbonyl (C=O) groups is 1. The second kappa shape index (κ2) is 8.97. The van der Waals surface area contributed by atoms with E-state index < -0.39 is 21.9 Å². The molecular weight excluding hydrogens is 351 g/mol. The average molecular weight is 374 g/mol. The summed E-state index contributed by atoms with van der Waals surface area (Å²) in [6.07, 6.45) is 1.76. The van der Waals surface area contributed by atoms with Gasteiger partial charge in [0.15, 0.2) is 0 Å². The highest BCUT2D eigenvalue weighted by Gasteiger charge is 2.11. The van der Waals surface area contributed by atoms with Crippen LogP contribution in [-0.2, 0) is 14.8 Å². The number of anilines is 2. The van der Waals surface area contributed by atoms with Crippen molar-refractivity contribution >= 4 is 27.4 Å². The summed E-state index contributed by atoms with van der Waals surface area (Å²) in [6, 6.07) is 3.05. The Kier molecular flexibility index (Phi) is 6.97. The Morgan fingerprint density at radius 2 is 2.04 bits per heavy atom. The van der Waals surface area contributed by atoms with Crippen molar-refractivity contribution in [3.63, 3.8) is 0 Å². The van der Waals surface area contributed by atoms with E-state index in [1.807, 2.05) is 0 Å². The second-order valence-electron chi connectivity index (χ2n) is 5.76. The number of hydrogen-bond acceptors (Lipinski definition) is 5. The van der Waals surface area contributed by atoms with Gasteiger partial charge in [-0.15, -0.1) is 0 Å². The lowest BCUT2D eigenvalue weighted by atomic mass is 10.2. The lowest BCUT2D eigenvalue weighted by Crippen LogP contribution is -2.38. The number of carbonyl (C=O) groups excluding carboxylic acids is 1. The minimum atomic E-state index is -3.48. The van der Waals surface area contributed by atoms with E-state index in [0.717, 1.165) is 51.6 Å². The van der Waals surface area contributed by atoms with Crippen LogP contribution >= 0.6 is 0 Å². The predicted octanol–water partition coefficient (Wildman–Crippen LogP) is 1.04. The Morgan fingerprint density at radius 1 is 1.32 bits per heavy atom. The van der Waals surface area contributed by atoms with Crippen LogP contribution in [-0.4, -0.2) is 65.0 Å². The van der Waals surface area contributed by atoms with Crippen LogP contribution in [0.2, 0.25) is 0 Å². The molecule has 0 saturated carbocycles. The van der Waals surface area contributed by atoms with Gasteiger partial charge in [0.2, 0.25) is 10.0 Å². The van der Waals surface area contributed by atoms with Crippen molar-refractivity contribution < 1.29 is 22.3 Å². The molecule has 1 fully saturated rings. The lowest BCUT2D eigenvalue weighted by Gasteiger charge is -2.26. The summed E-state index contributed by atoms with van der Waals surface area (Å²) in [7, 11) is -3.48. The molecule has 0 unspecified atom stereocenters. The van der Waals surface area contributed by atoms with Crippen molar-refractivity contribution in [1.82, 2.24) is 10.2 Å². The standard InChI is InChI=1S/C15H23FN4O4S/c1-25(22,23)19-12-3-4-13(16)14(11-12)18-15(21)17-5-2-6-20-7-9-24-10-8-20/h3-4,11,19H,2,5-10H2,1H3,(H2,17,18,21). The molecule has 0 bridgehead atoms. The number of nitrogens with zero attached hydrogens (tertiary/aromatic N) is 1. The number of rotatable bonds is 7. The molecule has 10 heteroatoms. The predicted molar refractivity (Wildman–Crippen MR) is 93.8 cm³/mol. The zero-order chi connectivity index (χ0) is 18.3. The quantitative estimate of drug-likeness (QED) is 0.620. The largest absolute Gasteiger partial charge is 0.379 e. The van der Waals surface area contributed by atoms with Gasteiger partial charge in [-0.2, -0.15) is 0 Å². The molecular formula is C15H23FN4O4S. The first-order chi connectivity index (χ1) is 11.8. The summed E-state index contributed by atoms with van der Waals surface area (Å²) in [6.45, 7) is 4.53. The third-order valence-electron chi connectivity index (χ3n) is 3.56. The highest BCUT2D eigenvalue weighted by molar-refractivity contribution is 7.92. The molecule has 1 aromatic rings. The third-order valence-corrected chi connectivity index (χ3v) is 4.16. The molecule has 1 heterocycles. The molecule has 0 atom stereocenters. The van der Waals surface area contributed by atoms with Crippen LogP contribution in [0.25, 0.3) is 0 Å². The van der Waals surface area contributed by atoms with Crippen LogP contribution < -0.4 is 15.4 Å². The maximum absolute atomic E-state index is 13.8. The molecule has 140 valence electrons. The first-order valence-corrected chi connectivity index (χ1v) is 9.85. The van der Waals surface area contributed by atoms with Gasteiger partial charge in [0.25, 0.3) is 0 Å². The Labute approximate surface area is 146 Å². The fraction of sp³-hybridized carbons (Fsp3) is 0.533. The summed E-state index contributed by atoms with van der Waals surface area (Å²) in [5, 5.41) is 5.03. The van der Waals surface area contributed by atoms with Crippen LogP contribution in [0.4, 0.5) is 20.6 Å². The van der Waals surface area contributed by atoms with Crippen molar-refractivity contribution in [2.24, 2.45) is 0 Å². The summed E-state index contributed by atoms with van der Waals surface area (Å²) in [4.78, 5) is 14.1. The minimum absolute atomic E-state index is 0.0978. The minimum Gasteiger partial charge on any atom is -0.379 e. The SMILES string of the molecule is CS(=O)(=O)Nc1ccc(F)c(NC(=O)NCCCN2CCOCC2)c1. The van der Waals surface area contributed by atoms with Crippen LogP contribution in [0, 0.1) is 5.82 Å². The Morgan fingerprint density at radius 3 is 2.72 bits per heavy atom. The van der Waals surface area contributed by atoms with Crippen molar-refractivity contribution in [3.8, 4) is 0 Å². The number of amides is 2. The monoisotopic (exact) mass is 374 g/mol. The smallest absolute Gasteiger partial charge is 0.319 e. The summed E-state index contributed by atoms with van der Waals surface area (Å²) in [5.74, 6) is -0.650. The molecule has 0 aromatic heterocycles. The van der Waals surface area contributed by atoms with Crippen molar-refractivity contribution in [1.29, 1.82) is 0 Å². The van der Waals surface area contributed by atoms with Crippen LogP contribution in [0.3, 0.4) is 0 Å². The average Bonchev–Trinajstić information content (AvgIpc) is 2.54. The van der Waals surface area contributed by atoms with Crippen LogP contribution in [0.5, 0.6) is 0 Å². The third kappa shape index (κ3) is 7.24. The van der Waals surface area contributed by atoms with Gasteiger partial charge in [0, 0.05) is 19.6 Å². The van der Waals surface area contributed by atoms with Crippen LogP contribution in [0.1, 0.15) is 6.42 Å². The summed E-state index contributed by atoms with van der Waals surface area (Å²) in [5.41, 5.74) is 0.0749. The van der Waals surface area contributed by atoms with Crippen molar-refractivity contribution in [3.05, 3.63) is 24.0 Å². The number of nitrogens with one attached hydrogen (secondary N) is 3. The van der Waals surface area contributed by atoms with E-state index in [1.165, 1.54) is 12.1 Å². The number of benzene rings is 1. The molecule has 25 heavy (non-hydrogen) atoms. The molecule has 1 saturated heterocycles. The normalized spacial score (nSPS) is 15.6.